The molecule has 0 amide bonds. The molecule has 5 aliphatic rings. The molecule has 3 nitrogen and oxygen atoms in total. The lowest BCUT2D eigenvalue weighted by Gasteiger charge is -2.61. The molecule has 0 aromatic heterocycles. The molecule has 3 heteroatoms. The zero-order chi connectivity index (χ0) is 12.5. The van der Waals surface area contributed by atoms with Crippen LogP contribution in [0.25, 0.3) is 0 Å². The monoisotopic (exact) mass is 250 g/mol. The Morgan fingerprint density at radius 2 is 1.94 bits per heavy atom. The van der Waals surface area contributed by atoms with Gasteiger partial charge in [0.25, 0.3) is 0 Å². The van der Waals surface area contributed by atoms with E-state index in [2.05, 4.69) is 26.0 Å². The molecule has 1 aliphatic heterocycles. The first-order valence-corrected chi connectivity index (χ1v) is 7.25. The fourth-order valence-electron chi connectivity index (χ4n) is 5.33. The van der Waals surface area contributed by atoms with Crippen molar-refractivity contribution in [2.45, 2.75) is 38.6 Å². The molecule has 18 heavy (non-hydrogen) atoms. The molecule has 0 aromatic rings. The van der Waals surface area contributed by atoms with Gasteiger partial charge in [-0.15, -0.1) is 0 Å². The Hall–Kier alpha value is -0.380. The fourth-order valence-corrected chi connectivity index (χ4v) is 5.33. The van der Waals surface area contributed by atoms with E-state index in [9.17, 15) is 5.11 Å². The normalized spacial score (nSPS) is 56.3. The number of hydrogen-bond acceptors (Lipinski definition) is 3. The summed E-state index contributed by atoms with van der Waals surface area (Å²) in [5, 5.41) is 10.3. The Labute approximate surface area is 108 Å². The van der Waals surface area contributed by atoms with Gasteiger partial charge < -0.3 is 14.6 Å². The van der Waals surface area contributed by atoms with Crippen LogP contribution in [0.4, 0.5) is 0 Å². The number of aliphatic hydroxyl groups excluding tert-OH is 1. The predicted octanol–water partition coefficient (Wildman–Crippen LogP) is 1.96. The summed E-state index contributed by atoms with van der Waals surface area (Å²) in [5.41, 5.74) is 0.0136. The molecular formula is C15H22O3. The van der Waals surface area contributed by atoms with E-state index in [1.165, 1.54) is 0 Å². The first-order valence-electron chi connectivity index (χ1n) is 7.25. The van der Waals surface area contributed by atoms with E-state index >= 15 is 0 Å². The van der Waals surface area contributed by atoms with Gasteiger partial charge in [0.1, 0.15) is 0 Å². The Balaban J connectivity index is 1.85. The van der Waals surface area contributed by atoms with Crippen molar-refractivity contribution in [3.8, 4) is 0 Å². The number of ether oxygens (including phenoxy) is 2. The molecule has 0 radical (unpaired) electrons. The van der Waals surface area contributed by atoms with E-state index in [1.54, 1.807) is 0 Å². The van der Waals surface area contributed by atoms with Crippen LogP contribution in [0.3, 0.4) is 0 Å². The van der Waals surface area contributed by atoms with Crippen molar-refractivity contribution in [1.82, 2.24) is 0 Å². The molecule has 0 aromatic carbocycles. The molecular weight excluding hydrogens is 228 g/mol. The van der Waals surface area contributed by atoms with Crippen molar-refractivity contribution in [1.29, 1.82) is 0 Å². The highest BCUT2D eigenvalue weighted by atomic mass is 16.7. The number of aliphatic hydroxyl groups is 1. The quantitative estimate of drug-likeness (QED) is 0.668. The molecule has 2 unspecified atom stereocenters. The summed E-state index contributed by atoms with van der Waals surface area (Å²) in [4.78, 5) is 0. The van der Waals surface area contributed by atoms with Crippen LogP contribution in [0, 0.1) is 29.1 Å². The summed E-state index contributed by atoms with van der Waals surface area (Å²) in [6.45, 7) is 5.95. The van der Waals surface area contributed by atoms with Gasteiger partial charge >= 0.3 is 0 Å². The van der Waals surface area contributed by atoms with Gasteiger partial charge in [-0.25, -0.2) is 0 Å². The van der Waals surface area contributed by atoms with Gasteiger partial charge in [0, 0.05) is 11.8 Å². The van der Waals surface area contributed by atoms with Crippen LogP contribution < -0.4 is 0 Å². The summed E-state index contributed by atoms with van der Waals surface area (Å²) >= 11 is 0. The molecule has 2 bridgehead atoms. The predicted molar refractivity (Wildman–Crippen MR) is 66.8 cm³/mol. The second kappa shape index (κ2) is 3.38. The number of hydrogen-bond donors (Lipinski definition) is 1. The van der Waals surface area contributed by atoms with Crippen molar-refractivity contribution in [3.63, 3.8) is 0 Å². The molecule has 1 heterocycles. The first-order chi connectivity index (χ1) is 8.59. The zero-order valence-electron chi connectivity index (χ0n) is 11.1. The van der Waals surface area contributed by atoms with Crippen molar-refractivity contribution >= 4 is 0 Å². The highest BCUT2D eigenvalue weighted by Crippen LogP contribution is 2.66. The number of rotatable bonds is 0. The molecule has 1 spiro atoms. The van der Waals surface area contributed by atoms with Crippen molar-refractivity contribution < 1.29 is 14.6 Å². The van der Waals surface area contributed by atoms with Crippen molar-refractivity contribution in [2.75, 3.05) is 13.2 Å². The van der Waals surface area contributed by atoms with Gasteiger partial charge in [-0.2, -0.15) is 0 Å². The maximum absolute atomic E-state index is 10.3. The Kier molecular flexibility index (Phi) is 2.15. The largest absolute Gasteiger partial charge is 0.393 e. The van der Waals surface area contributed by atoms with Gasteiger partial charge in [-0.05, 0) is 30.1 Å². The molecule has 5 rings (SSSR count). The summed E-state index contributed by atoms with van der Waals surface area (Å²) in [6.07, 6.45) is 6.54. The molecule has 1 N–H and O–H groups in total. The fraction of sp³-hybridized carbons (Fsp3) is 0.867. The van der Waals surface area contributed by atoms with Crippen LogP contribution in [-0.4, -0.2) is 30.2 Å². The summed E-state index contributed by atoms with van der Waals surface area (Å²) in [7, 11) is 0. The third kappa shape index (κ3) is 1.08. The van der Waals surface area contributed by atoms with Crippen LogP contribution in [0.1, 0.15) is 26.7 Å². The summed E-state index contributed by atoms with van der Waals surface area (Å²) < 4.78 is 12.2. The maximum Gasteiger partial charge on any atom is 0.178 e. The maximum atomic E-state index is 10.3. The molecule has 4 aliphatic carbocycles. The van der Waals surface area contributed by atoms with Crippen LogP contribution in [-0.2, 0) is 9.47 Å². The van der Waals surface area contributed by atoms with Gasteiger partial charge in [-0.3, -0.25) is 0 Å². The first kappa shape index (κ1) is 11.4. The Morgan fingerprint density at radius 1 is 1.22 bits per heavy atom. The lowest BCUT2D eigenvalue weighted by molar-refractivity contribution is -0.287. The average Bonchev–Trinajstić information content (AvgIpc) is 2.96. The third-order valence-electron chi connectivity index (χ3n) is 6.25. The summed E-state index contributed by atoms with van der Waals surface area (Å²) in [5.74, 6) is 1.16. The van der Waals surface area contributed by atoms with E-state index in [0.29, 0.717) is 36.9 Å². The number of allylic oxidation sites excluding steroid dienone is 1. The van der Waals surface area contributed by atoms with Gasteiger partial charge in [0.2, 0.25) is 0 Å². The highest BCUT2D eigenvalue weighted by Gasteiger charge is 2.68. The lowest BCUT2D eigenvalue weighted by Crippen LogP contribution is -2.64. The Morgan fingerprint density at radius 3 is 2.67 bits per heavy atom. The molecule has 1 saturated heterocycles. The van der Waals surface area contributed by atoms with Gasteiger partial charge in [0.15, 0.2) is 5.79 Å². The zero-order valence-corrected chi connectivity index (χ0v) is 11.1. The van der Waals surface area contributed by atoms with E-state index in [-0.39, 0.29) is 11.5 Å². The Bertz CT molecular complexity index is 399. The minimum Gasteiger partial charge on any atom is -0.393 e. The SMILES string of the molecule is CC1C2(OCCO2)[C@H]2C=C[C@]1(C)[C@@H]1C(O)CC[C@@H]12. The standard InChI is InChI=1S/C15H22O3/c1-9-14(2)6-5-11(15(9)17-7-8-18-15)10-3-4-12(16)13(10)14/h5-6,9-13,16H,3-4,7-8H2,1-2H3/t9?,10-,11+,12?,13+,14+/m1/s1. The summed E-state index contributed by atoms with van der Waals surface area (Å²) in [6, 6.07) is 0. The molecule has 3 fully saturated rings. The smallest absolute Gasteiger partial charge is 0.178 e. The molecule has 100 valence electrons. The van der Waals surface area contributed by atoms with Crippen LogP contribution in [0.2, 0.25) is 0 Å². The third-order valence-corrected chi connectivity index (χ3v) is 6.25. The second-order valence-electron chi connectivity index (χ2n) is 6.73. The van der Waals surface area contributed by atoms with Gasteiger partial charge in [0.05, 0.1) is 19.3 Å². The van der Waals surface area contributed by atoms with Crippen molar-refractivity contribution in [2.24, 2.45) is 29.1 Å². The average molecular weight is 250 g/mol. The van der Waals surface area contributed by atoms with E-state index in [4.69, 9.17) is 9.47 Å². The highest BCUT2D eigenvalue weighted by molar-refractivity contribution is 5.26. The van der Waals surface area contributed by atoms with E-state index in [0.717, 1.165) is 12.8 Å². The minimum absolute atomic E-state index is 0.0136. The van der Waals surface area contributed by atoms with Crippen molar-refractivity contribution in [3.05, 3.63) is 12.2 Å². The second-order valence-corrected chi connectivity index (χ2v) is 6.73. The minimum atomic E-state index is -0.408. The lowest BCUT2D eigenvalue weighted by atomic mass is 9.48. The van der Waals surface area contributed by atoms with Crippen LogP contribution >= 0.6 is 0 Å². The van der Waals surface area contributed by atoms with Crippen LogP contribution in [0.15, 0.2) is 12.2 Å². The molecule has 2 saturated carbocycles. The van der Waals surface area contributed by atoms with Crippen LogP contribution in [0.5, 0.6) is 0 Å². The van der Waals surface area contributed by atoms with Gasteiger partial charge in [-0.1, -0.05) is 26.0 Å². The van der Waals surface area contributed by atoms with E-state index < -0.39 is 5.79 Å². The topological polar surface area (TPSA) is 38.7 Å². The molecule has 6 atom stereocenters. The van der Waals surface area contributed by atoms with E-state index in [1.807, 2.05) is 0 Å².